The molecule has 1 aromatic carbocycles. The third-order valence-corrected chi connectivity index (χ3v) is 5.55. The molecule has 122 valence electrons. The van der Waals surface area contributed by atoms with Crippen molar-refractivity contribution in [2.75, 3.05) is 20.2 Å². The highest BCUT2D eigenvalue weighted by molar-refractivity contribution is 9.10. The van der Waals surface area contributed by atoms with Gasteiger partial charge in [-0.15, -0.1) is 0 Å². The predicted octanol–water partition coefficient (Wildman–Crippen LogP) is 3.62. The van der Waals surface area contributed by atoms with Gasteiger partial charge in [-0.05, 0) is 54.8 Å². The molecule has 1 fully saturated rings. The zero-order chi connectivity index (χ0) is 16.4. The van der Waals surface area contributed by atoms with Crippen LogP contribution in [0.1, 0.15) is 24.8 Å². The normalized spacial score (nSPS) is 20.1. The van der Waals surface area contributed by atoms with Gasteiger partial charge in [0.1, 0.15) is 0 Å². The summed E-state index contributed by atoms with van der Waals surface area (Å²) in [5, 5.41) is 10.6. The molecule has 3 rings (SSSR count). The summed E-state index contributed by atoms with van der Waals surface area (Å²) in [6, 6.07) is 3.25. The Labute approximate surface area is 147 Å². The fourth-order valence-corrected chi connectivity index (χ4v) is 3.99. The lowest BCUT2D eigenvalue weighted by atomic mass is 10.1. The average Bonchev–Trinajstić information content (AvgIpc) is 2.92. The van der Waals surface area contributed by atoms with E-state index in [1.165, 1.54) is 25.3 Å². The first-order valence-corrected chi connectivity index (χ1v) is 9.03. The van der Waals surface area contributed by atoms with Gasteiger partial charge in [0.05, 0.1) is 12.0 Å². The Bertz CT molecular complexity index is 697. The predicted molar refractivity (Wildman–Crippen MR) is 95.8 cm³/mol. The molecule has 0 aromatic heterocycles. The van der Waals surface area contributed by atoms with Gasteiger partial charge < -0.3 is 14.7 Å². The van der Waals surface area contributed by atoms with Crippen LogP contribution in [0.15, 0.2) is 26.5 Å². The van der Waals surface area contributed by atoms with Gasteiger partial charge in [0.15, 0.2) is 16.7 Å². The molecule has 1 aromatic rings. The van der Waals surface area contributed by atoms with Crippen LogP contribution in [0, 0.1) is 0 Å². The lowest BCUT2D eigenvalue weighted by molar-refractivity contribution is -0.113. The van der Waals surface area contributed by atoms with Crippen molar-refractivity contribution in [3.05, 3.63) is 27.1 Å². The summed E-state index contributed by atoms with van der Waals surface area (Å²) >= 11 is 4.81. The summed E-state index contributed by atoms with van der Waals surface area (Å²) in [5.74, 6) is 0.208. The van der Waals surface area contributed by atoms with Crippen LogP contribution in [0.5, 0.6) is 11.5 Å². The number of hydrogen-bond donors (Lipinski definition) is 1. The smallest absolute Gasteiger partial charge is 0.286 e. The molecule has 0 bridgehead atoms. The number of hydrogen-bond acceptors (Lipinski definition) is 5. The Morgan fingerprint density at radius 1 is 1.35 bits per heavy atom. The highest BCUT2D eigenvalue weighted by Crippen LogP contribution is 2.36. The van der Waals surface area contributed by atoms with Gasteiger partial charge in [0.2, 0.25) is 0 Å². The molecule has 23 heavy (non-hydrogen) atoms. The van der Waals surface area contributed by atoms with Gasteiger partial charge in [0, 0.05) is 17.6 Å². The Balaban J connectivity index is 1.83. The lowest BCUT2D eigenvalue weighted by Crippen LogP contribution is -2.33. The van der Waals surface area contributed by atoms with Gasteiger partial charge >= 0.3 is 0 Å². The second-order valence-electron chi connectivity index (χ2n) is 5.40. The number of nitrogens with zero attached hydrogens (tertiary/aromatic N) is 2. The van der Waals surface area contributed by atoms with Gasteiger partial charge in [0.25, 0.3) is 5.91 Å². The minimum Gasteiger partial charge on any atom is -0.504 e. The van der Waals surface area contributed by atoms with Gasteiger partial charge in [-0.25, -0.2) is 0 Å². The van der Waals surface area contributed by atoms with Gasteiger partial charge in [-0.3, -0.25) is 4.79 Å². The molecule has 7 heteroatoms. The van der Waals surface area contributed by atoms with Crippen LogP contribution in [0.25, 0.3) is 6.08 Å². The highest BCUT2D eigenvalue weighted by atomic mass is 79.9. The monoisotopic (exact) mass is 396 g/mol. The molecule has 1 saturated heterocycles. The summed E-state index contributed by atoms with van der Waals surface area (Å²) < 4.78 is 5.82. The van der Waals surface area contributed by atoms with Gasteiger partial charge in [-0.1, -0.05) is 15.9 Å². The van der Waals surface area contributed by atoms with Crippen LogP contribution in [0.2, 0.25) is 0 Å². The van der Waals surface area contributed by atoms with E-state index in [-0.39, 0.29) is 11.7 Å². The third kappa shape index (κ3) is 3.55. The van der Waals surface area contributed by atoms with Crippen molar-refractivity contribution in [1.29, 1.82) is 0 Å². The highest BCUT2D eigenvalue weighted by Gasteiger charge is 2.27. The molecular formula is C16H17BrN2O3S. The third-order valence-electron chi connectivity index (χ3n) is 3.82. The summed E-state index contributed by atoms with van der Waals surface area (Å²) in [6.45, 7) is 1.92. The number of aliphatic imine (C=N–C) groups is 1. The van der Waals surface area contributed by atoms with Crippen molar-refractivity contribution >= 4 is 44.8 Å². The summed E-state index contributed by atoms with van der Waals surface area (Å²) in [5.41, 5.74) is 0.769. The van der Waals surface area contributed by atoms with E-state index in [1.807, 2.05) is 0 Å². The standard InChI is InChI=1S/C16H17BrN2O3S/c1-22-13-7-10(11(17)9-12(13)20)8-14-15(21)18-16(23-14)19-5-3-2-4-6-19/h7-9,20H,2-6H2,1H3/b14-8-. The van der Waals surface area contributed by atoms with Crippen LogP contribution in [0.4, 0.5) is 0 Å². The first kappa shape index (κ1) is 16.4. The number of thioether (sulfide) groups is 1. The minimum absolute atomic E-state index is 0.0529. The van der Waals surface area contributed by atoms with Crippen LogP contribution in [-0.2, 0) is 4.79 Å². The summed E-state index contributed by atoms with van der Waals surface area (Å²) in [4.78, 5) is 19.1. The zero-order valence-corrected chi connectivity index (χ0v) is 15.1. The Hall–Kier alpha value is -1.47. The molecule has 0 spiro atoms. The van der Waals surface area contributed by atoms with Crippen molar-refractivity contribution in [1.82, 2.24) is 4.90 Å². The van der Waals surface area contributed by atoms with E-state index in [1.54, 1.807) is 18.2 Å². The number of halogens is 1. The van der Waals surface area contributed by atoms with E-state index < -0.39 is 0 Å². The number of methoxy groups -OCH3 is 1. The first-order valence-electron chi connectivity index (χ1n) is 7.42. The topological polar surface area (TPSA) is 62.1 Å². The SMILES string of the molecule is COc1cc(/C=C2\SC(N3CCCCC3)=NC2=O)c(Br)cc1O. The molecule has 2 aliphatic heterocycles. The average molecular weight is 397 g/mol. The van der Waals surface area contributed by atoms with Gasteiger partial charge in [-0.2, -0.15) is 4.99 Å². The number of benzene rings is 1. The van der Waals surface area contributed by atoms with Crippen LogP contribution in [-0.4, -0.2) is 41.3 Å². The number of likely N-dealkylation sites (tertiary alicyclic amines) is 1. The molecule has 1 N–H and O–H groups in total. The molecule has 5 nitrogen and oxygen atoms in total. The van der Waals surface area contributed by atoms with E-state index in [0.29, 0.717) is 15.1 Å². The number of phenols is 1. The number of amidine groups is 1. The largest absolute Gasteiger partial charge is 0.504 e. The second-order valence-corrected chi connectivity index (χ2v) is 7.27. The number of rotatable bonds is 2. The molecule has 0 radical (unpaired) electrons. The van der Waals surface area contributed by atoms with Crippen LogP contribution < -0.4 is 4.74 Å². The maximum absolute atomic E-state index is 12.2. The van der Waals surface area contributed by atoms with E-state index >= 15 is 0 Å². The van der Waals surface area contributed by atoms with E-state index in [2.05, 4.69) is 25.8 Å². The van der Waals surface area contributed by atoms with Crippen molar-refractivity contribution in [2.45, 2.75) is 19.3 Å². The quantitative estimate of drug-likeness (QED) is 0.773. The van der Waals surface area contributed by atoms with E-state index in [0.717, 1.165) is 36.7 Å². The molecule has 0 saturated carbocycles. The number of carbonyl (C=O) groups excluding carboxylic acids is 1. The fraction of sp³-hybridized carbons (Fsp3) is 0.375. The number of carbonyl (C=O) groups is 1. The first-order chi connectivity index (χ1) is 11.1. The molecule has 0 aliphatic carbocycles. The molecule has 2 heterocycles. The molecule has 1 amide bonds. The maximum Gasteiger partial charge on any atom is 0.286 e. The van der Waals surface area contributed by atoms with E-state index in [4.69, 9.17) is 4.74 Å². The number of aromatic hydroxyl groups is 1. The van der Waals surface area contributed by atoms with Crippen LogP contribution >= 0.6 is 27.7 Å². The Morgan fingerprint density at radius 2 is 2.09 bits per heavy atom. The van der Waals surface area contributed by atoms with Crippen molar-refractivity contribution < 1.29 is 14.6 Å². The Morgan fingerprint density at radius 3 is 2.78 bits per heavy atom. The van der Waals surface area contributed by atoms with Crippen molar-refractivity contribution in [3.8, 4) is 11.5 Å². The van der Waals surface area contributed by atoms with E-state index in [9.17, 15) is 9.90 Å². The number of phenolic OH excluding ortho intramolecular Hbond substituents is 1. The Kier molecular flexibility index (Phi) is 4.96. The minimum atomic E-state index is -0.213. The van der Waals surface area contributed by atoms with Crippen molar-refractivity contribution in [2.24, 2.45) is 4.99 Å². The zero-order valence-electron chi connectivity index (χ0n) is 12.7. The second kappa shape index (κ2) is 6.97. The number of ether oxygens (including phenoxy) is 1. The lowest BCUT2D eigenvalue weighted by Gasteiger charge is -2.27. The number of amides is 1. The number of piperidine rings is 1. The molecule has 0 unspecified atom stereocenters. The molecule has 2 aliphatic rings. The maximum atomic E-state index is 12.2. The summed E-state index contributed by atoms with van der Waals surface area (Å²) in [7, 11) is 1.49. The molecular weight excluding hydrogens is 380 g/mol. The van der Waals surface area contributed by atoms with Crippen molar-refractivity contribution in [3.63, 3.8) is 0 Å². The molecule has 0 atom stereocenters. The van der Waals surface area contributed by atoms with Crippen LogP contribution in [0.3, 0.4) is 0 Å². The summed E-state index contributed by atoms with van der Waals surface area (Å²) in [6.07, 6.45) is 5.31. The fourth-order valence-electron chi connectivity index (χ4n) is 2.59.